The summed E-state index contributed by atoms with van der Waals surface area (Å²) in [4.78, 5) is 24.7. The third-order valence-corrected chi connectivity index (χ3v) is 4.40. The number of rotatable bonds is 7. The number of nitrogens with zero attached hydrogens (tertiary/aromatic N) is 2. The van der Waals surface area contributed by atoms with Crippen LogP contribution >= 0.6 is 0 Å². The number of hydrogen-bond acceptors (Lipinski definition) is 5. The van der Waals surface area contributed by atoms with Crippen LogP contribution in [0.15, 0.2) is 60.8 Å². The van der Waals surface area contributed by atoms with Crippen LogP contribution in [0.1, 0.15) is 31.1 Å². The molecular formula is C24H28N4O4. The molecule has 168 valence electrons. The van der Waals surface area contributed by atoms with Crippen molar-refractivity contribution in [2.45, 2.75) is 26.4 Å². The Morgan fingerprint density at radius 3 is 2.41 bits per heavy atom. The normalized spacial score (nSPS) is 11.0. The number of methoxy groups -OCH3 is 1. The highest BCUT2D eigenvalue weighted by Crippen LogP contribution is 2.27. The third kappa shape index (κ3) is 6.10. The van der Waals surface area contributed by atoms with Crippen molar-refractivity contribution in [3.63, 3.8) is 0 Å². The summed E-state index contributed by atoms with van der Waals surface area (Å²) in [6.07, 6.45) is 1.17. The number of carbonyl (C=O) groups excluding carboxylic acids is 2. The van der Waals surface area contributed by atoms with E-state index in [2.05, 4.69) is 15.7 Å². The standard InChI is InChI=1S/C24H28N4O4/c1-24(2,3)32-23(30)26-14-13-25-22(29)20-16-28(18-10-6-5-7-11-18)27-21(20)17-9-8-12-19(15-17)31-4/h5-12,15-16H,13-14H2,1-4H3,(H,25,29)(H,26,30). The molecule has 2 amide bonds. The minimum atomic E-state index is -0.578. The zero-order valence-electron chi connectivity index (χ0n) is 18.7. The van der Waals surface area contributed by atoms with Gasteiger partial charge in [0.25, 0.3) is 5.91 Å². The van der Waals surface area contributed by atoms with E-state index in [1.807, 2.05) is 54.6 Å². The SMILES string of the molecule is COc1cccc(-c2nn(-c3ccccc3)cc2C(=O)NCCNC(=O)OC(C)(C)C)c1. The van der Waals surface area contributed by atoms with Crippen LogP contribution in [-0.4, -0.2) is 47.6 Å². The first-order valence-electron chi connectivity index (χ1n) is 10.3. The average molecular weight is 437 g/mol. The van der Waals surface area contributed by atoms with Gasteiger partial charge in [0.05, 0.1) is 18.4 Å². The molecule has 8 nitrogen and oxygen atoms in total. The smallest absolute Gasteiger partial charge is 0.407 e. The predicted molar refractivity (Wildman–Crippen MR) is 122 cm³/mol. The summed E-state index contributed by atoms with van der Waals surface area (Å²) in [5.41, 5.74) is 1.97. The zero-order valence-corrected chi connectivity index (χ0v) is 18.7. The second-order valence-corrected chi connectivity index (χ2v) is 8.09. The molecule has 0 saturated heterocycles. The van der Waals surface area contributed by atoms with Gasteiger partial charge in [-0.05, 0) is 45.0 Å². The van der Waals surface area contributed by atoms with Crippen molar-refractivity contribution < 1.29 is 19.1 Å². The molecule has 0 aliphatic carbocycles. The number of nitrogens with one attached hydrogen (secondary N) is 2. The molecule has 1 aromatic heterocycles. The number of ether oxygens (including phenoxy) is 2. The molecule has 3 rings (SSSR count). The van der Waals surface area contributed by atoms with Crippen molar-refractivity contribution in [3.8, 4) is 22.7 Å². The molecule has 32 heavy (non-hydrogen) atoms. The van der Waals surface area contributed by atoms with Gasteiger partial charge in [0, 0.05) is 24.8 Å². The van der Waals surface area contributed by atoms with Crippen LogP contribution < -0.4 is 15.4 Å². The van der Waals surface area contributed by atoms with Gasteiger partial charge in [0.1, 0.15) is 17.0 Å². The van der Waals surface area contributed by atoms with E-state index < -0.39 is 11.7 Å². The van der Waals surface area contributed by atoms with E-state index in [0.29, 0.717) is 17.0 Å². The Morgan fingerprint density at radius 1 is 1.00 bits per heavy atom. The zero-order chi connectivity index (χ0) is 23.1. The van der Waals surface area contributed by atoms with Crippen LogP contribution in [0.3, 0.4) is 0 Å². The van der Waals surface area contributed by atoms with Gasteiger partial charge in [-0.15, -0.1) is 0 Å². The van der Waals surface area contributed by atoms with E-state index in [4.69, 9.17) is 9.47 Å². The quantitative estimate of drug-likeness (QED) is 0.550. The van der Waals surface area contributed by atoms with Crippen molar-refractivity contribution in [1.82, 2.24) is 20.4 Å². The predicted octanol–water partition coefficient (Wildman–Crippen LogP) is 3.80. The van der Waals surface area contributed by atoms with E-state index in [9.17, 15) is 9.59 Å². The topological polar surface area (TPSA) is 94.5 Å². The summed E-state index contributed by atoms with van der Waals surface area (Å²) in [5, 5.41) is 10.1. The second kappa shape index (κ2) is 10.00. The molecule has 3 aromatic rings. The largest absolute Gasteiger partial charge is 0.497 e. The van der Waals surface area contributed by atoms with Crippen molar-refractivity contribution in [3.05, 3.63) is 66.4 Å². The summed E-state index contributed by atoms with van der Waals surface area (Å²) in [6, 6.07) is 16.9. The van der Waals surface area contributed by atoms with Crippen LogP contribution in [-0.2, 0) is 4.74 Å². The molecule has 0 aliphatic heterocycles. The highest BCUT2D eigenvalue weighted by Gasteiger charge is 2.19. The highest BCUT2D eigenvalue weighted by molar-refractivity contribution is 6.00. The minimum Gasteiger partial charge on any atom is -0.497 e. The lowest BCUT2D eigenvalue weighted by Crippen LogP contribution is -2.37. The van der Waals surface area contributed by atoms with Crippen LogP contribution in [0, 0.1) is 0 Å². The Kier molecular flexibility index (Phi) is 7.14. The van der Waals surface area contributed by atoms with E-state index in [1.54, 1.807) is 38.8 Å². The van der Waals surface area contributed by atoms with Gasteiger partial charge in [-0.25, -0.2) is 9.48 Å². The molecule has 0 spiro atoms. The number of carbonyl (C=O) groups is 2. The molecule has 2 N–H and O–H groups in total. The van der Waals surface area contributed by atoms with E-state index in [1.165, 1.54) is 0 Å². The molecule has 2 aromatic carbocycles. The third-order valence-electron chi connectivity index (χ3n) is 4.40. The fourth-order valence-electron chi connectivity index (χ4n) is 2.99. The number of para-hydroxylation sites is 1. The lowest BCUT2D eigenvalue weighted by atomic mass is 10.1. The summed E-state index contributed by atoms with van der Waals surface area (Å²) in [7, 11) is 1.59. The molecule has 0 saturated carbocycles. The van der Waals surface area contributed by atoms with Gasteiger partial charge >= 0.3 is 6.09 Å². The van der Waals surface area contributed by atoms with E-state index in [-0.39, 0.29) is 19.0 Å². The van der Waals surface area contributed by atoms with Gasteiger partial charge < -0.3 is 20.1 Å². The lowest BCUT2D eigenvalue weighted by Gasteiger charge is -2.19. The lowest BCUT2D eigenvalue weighted by molar-refractivity contribution is 0.0526. The molecule has 8 heteroatoms. The van der Waals surface area contributed by atoms with Crippen molar-refractivity contribution in [2.75, 3.05) is 20.2 Å². The van der Waals surface area contributed by atoms with Crippen LogP contribution in [0.25, 0.3) is 16.9 Å². The van der Waals surface area contributed by atoms with Gasteiger partial charge in [0.2, 0.25) is 0 Å². The van der Waals surface area contributed by atoms with E-state index >= 15 is 0 Å². The fraction of sp³-hybridized carbons (Fsp3) is 0.292. The summed E-state index contributed by atoms with van der Waals surface area (Å²) in [6.45, 7) is 5.85. The molecular weight excluding hydrogens is 408 g/mol. The van der Waals surface area contributed by atoms with Crippen LogP contribution in [0.2, 0.25) is 0 Å². The number of benzene rings is 2. The van der Waals surface area contributed by atoms with E-state index in [0.717, 1.165) is 11.3 Å². The molecule has 0 atom stereocenters. The average Bonchev–Trinajstić information content (AvgIpc) is 3.22. The maximum absolute atomic E-state index is 13.0. The Balaban J connectivity index is 1.77. The molecule has 0 aliphatic rings. The number of hydrogen-bond donors (Lipinski definition) is 2. The number of alkyl carbamates (subject to hydrolysis) is 1. The first kappa shape index (κ1) is 22.9. The molecule has 0 fully saturated rings. The van der Waals surface area contributed by atoms with Crippen molar-refractivity contribution in [2.24, 2.45) is 0 Å². The second-order valence-electron chi connectivity index (χ2n) is 8.09. The maximum Gasteiger partial charge on any atom is 0.407 e. The fourth-order valence-corrected chi connectivity index (χ4v) is 2.99. The Morgan fingerprint density at radius 2 is 1.72 bits per heavy atom. The first-order valence-corrected chi connectivity index (χ1v) is 10.3. The highest BCUT2D eigenvalue weighted by atomic mass is 16.6. The van der Waals surface area contributed by atoms with Crippen molar-refractivity contribution in [1.29, 1.82) is 0 Å². The Labute approximate surface area is 187 Å². The van der Waals surface area contributed by atoms with Gasteiger partial charge in [0.15, 0.2) is 0 Å². The summed E-state index contributed by atoms with van der Waals surface area (Å²) < 4.78 is 12.2. The minimum absolute atomic E-state index is 0.238. The molecule has 0 bridgehead atoms. The molecule has 0 radical (unpaired) electrons. The van der Waals surface area contributed by atoms with Crippen LogP contribution in [0.4, 0.5) is 4.79 Å². The number of amides is 2. The Hall–Kier alpha value is -3.81. The number of aromatic nitrogens is 2. The first-order chi connectivity index (χ1) is 15.3. The summed E-state index contributed by atoms with van der Waals surface area (Å²) >= 11 is 0. The van der Waals surface area contributed by atoms with Crippen LogP contribution in [0.5, 0.6) is 5.75 Å². The summed E-state index contributed by atoms with van der Waals surface area (Å²) in [5.74, 6) is 0.376. The van der Waals surface area contributed by atoms with Gasteiger partial charge in [-0.1, -0.05) is 30.3 Å². The maximum atomic E-state index is 13.0. The van der Waals surface area contributed by atoms with Crippen molar-refractivity contribution >= 4 is 12.0 Å². The molecule has 0 unspecified atom stereocenters. The van der Waals surface area contributed by atoms with Gasteiger partial charge in [-0.2, -0.15) is 5.10 Å². The Bertz CT molecular complexity index is 1070. The monoisotopic (exact) mass is 436 g/mol. The van der Waals surface area contributed by atoms with Gasteiger partial charge in [-0.3, -0.25) is 4.79 Å². The molecule has 1 heterocycles.